The van der Waals surface area contributed by atoms with Crippen LogP contribution in [0.4, 0.5) is 5.69 Å². The molecule has 2 aromatic rings. The number of fused-ring (bicyclic) bond motifs is 1. The summed E-state index contributed by atoms with van der Waals surface area (Å²) in [5, 5.41) is 2.85. The minimum absolute atomic E-state index is 0. The molecular formula is C14H20ClN3O2. The first kappa shape index (κ1) is 16.5. The number of aryl methyl sites for hydroxylation is 1. The third-order valence-electron chi connectivity index (χ3n) is 3.12. The van der Waals surface area contributed by atoms with Crippen LogP contribution in [-0.2, 0) is 11.2 Å². The fourth-order valence-electron chi connectivity index (χ4n) is 1.60. The van der Waals surface area contributed by atoms with Gasteiger partial charge in [-0.25, -0.2) is 4.98 Å². The fourth-order valence-corrected chi connectivity index (χ4v) is 1.60. The summed E-state index contributed by atoms with van der Waals surface area (Å²) in [5.74, 6) is 0.592. The minimum Gasteiger partial charge on any atom is -0.441 e. The predicted octanol–water partition coefficient (Wildman–Crippen LogP) is 2.74. The number of nitrogens with zero attached hydrogens (tertiary/aromatic N) is 1. The lowest BCUT2D eigenvalue weighted by Gasteiger charge is -2.21. The van der Waals surface area contributed by atoms with Crippen molar-refractivity contribution < 1.29 is 9.21 Å². The molecule has 2 rings (SSSR count). The number of carbonyl (C=O) groups is 1. The molecule has 0 saturated carbocycles. The van der Waals surface area contributed by atoms with Gasteiger partial charge in [0.25, 0.3) is 0 Å². The van der Waals surface area contributed by atoms with Crippen molar-refractivity contribution in [2.45, 2.75) is 27.2 Å². The molecule has 0 spiro atoms. The van der Waals surface area contributed by atoms with Gasteiger partial charge >= 0.3 is 0 Å². The Kier molecular flexibility index (Phi) is 5.14. The van der Waals surface area contributed by atoms with E-state index < -0.39 is 5.41 Å². The number of hydrogen-bond donors (Lipinski definition) is 2. The maximum atomic E-state index is 12.0. The summed E-state index contributed by atoms with van der Waals surface area (Å²) in [6.45, 7) is 5.90. The van der Waals surface area contributed by atoms with Crippen molar-refractivity contribution >= 4 is 35.1 Å². The molecular weight excluding hydrogens is 278 g/mol. The summed E-state index contributed by atoms with van der Waals surface area (Å²) < 4.78 is 5.52. The number of carbonyl (C=O) groups excluding carboxylic acids is 1. The standard InChI is InChI=1S/C14H19N3O2.ClH/c1-4-12-17-10-7-9(5-6-11(10)19-12)16-13(18)14(2,3)8-15;/h5-7H,4,8,15H2,1-3H3,(H,16,18);1H. The first-order chi connectivity index (χ1) is 8.96. The third-order valence-corrected chi connectivity index (χ3v) is 3.12. The van der Waals surface area contributed by atoms with Gasteiger partial charge in [0, 0.05) is 18.7 Å². The van der Waals surface area contributed by atoms with Crippen molar-refractivity contribution in [3.63, 3.8) is 0 Å². The van der Waals surface area contributed by atoms with E-state index in [0.29, 0.717) is 18.1 Å². The molecule has 5 nitrogen and oxygen atoms in total. The Bertz CT molecular complexity index is 607. The molecule has 6 heteroatoms. The van der Waals surface area contributed by atoms with E-state index in [1.54, 1.807) is 6.07 Å². The summed E-state index contributed by atoms with van der Waals surface area (Å²) in [7, 11) is 0. The zero-order valence-corrected chi connectivity index (χ0v) is 12.7. The molecule has 0 aliphatic carbocycles. The second-order valence-electron chi connectivity index (χ2n) is 5.19. The molecule has 1 amide bonds. The molecule has 110 valence electrons. The van der Waals surface area contributed by atoms with Gasteiger partial charge in [-0.2, -0.15) is 0 Å². The van der Waals surface area contributed by atoms with Crippen molar-refractivity contribution in [1.29, 1.82) is 0 Å². The van der Waals surface area contributed by atoms with E-state index in [9.17, 15) is 4.79 Å². The number of aromatic nitrogens is 1. The first-order valence-corrected chi connectivity index (χ1v) is 6.37. The van der Waals surface area contributed by atoms with E-state index >= 15 is 0 Å². The van der Waals surface area contributed by atoms with Gasteiger partial charge in [0.1, 0.15) is 5.52 Å². The molecule has 0 unspecified atom stereocenters. The Morgan fingerprint density at radius 3 is 2.75 bits per heavy atom. The monoisotopic (exact) mass is 297 g/mol. The Hall–Kier alpha value is -1.59. The fraction of sp³-hybridized carbons (Fsp3) is 0.429. The SMILES string of the molecule is CCc1nc2cc(NC(=O)C(C)(C)CN)ccc2o1.Cl. The zero-order valence-electron chi connectivity index (χ0n) is 11.9. The van der Waals surface area contributed by atoms with Gasteiger partial charge in [0.2, 0.25) is 5.91 Å². The lowest BCUT2D eigenvalue weighted by atomic mass is 9.92. The van der Waals surface area contributed by atoms with Crippen LogP contribution in [0.1, 0.15) is 26.7 Å². The van der Waals surface area contributed by atoms with Gasteiger partial charge in [-0.15, -0.1) is 12.4 Å². The lowest BCUT2D eigenvalue weighted by Crippen LogP contribution is -2.37. The summed E-state index contributed by atoms with van der Waals surface area (Å²) in [6.07, 6.45) is 0.747. The number of anilines is 1. The highest BCUT2D eigenvalue weighted by Crippen LogP contribution is 2.22. The summed E-state index contributed by atoms with van der Waals surface area (Å²) in [5.41, 5.74) is 7.18. The molecule has 0 aliphatic heterocycles. The van der Waals surface area contributed by atoms with E-state index in [4.69, 9.17) is 10.2 Å². The van der Waals surface area contributed by atoms with Crippen LogP contribution in [0.25, 0.3) is 11.1 Å². The van der Waals surface area contributed by atoms with Crippen LogP contribution < -0.4 is 11.1 Å². The van der Waals surface area contributed by atoms with Crippen molar-refractivity contribution in [3.05, 3.63) is 24.1 Å². The van der Waals surface area contributed by atoms with Gasteiger partial charge in [-0.05, 0) is 32.0 Å². The molecule has 1 aromatic heterocycles. The smallest absolute Gasteiger partial charge is 0.231 e. The average molecular weight is 298 g/mol. The van der Waals surface area contributed by atoms with Crippen LogP contribution in [-0.4, -0.2) is 17.4 Å². The van der Waals surface area contributed by atoms with Crippen LogP contribution in [0.5, 0.6) is 0 Å². The summed E-state index contributed by atoms with van der Waals surface area (Å²) >= 11 is 0. The van der Waals surface area contributed by atoms with Crippen molar-refractivity contribution in [2.24, 2.45) is 11.1 Å². The van der Waals surface area contributed by atoms with Gasteiger partial charge in [0.15, 0.2) is 11.5 Å². The average Bonchev–Trinajstić information content (AvgIpc) is 2.80. The molecule has 0 radical (unpaired) electrons. The Labute approximate surface area is 124 Å². The quantitative estimate of drug-likeness (QED) is 0.909. The topological polar surface area (TPSA) is 81.2 Å². The molecule has 0 aliphatic rings. The summed E-state index contributed by atoms with van der Waals surface area (Å²) in [4.78, 5) is 16.4. The normalized spacial score (nSPS) is 11.2. The molecule has 0 fully saturated rings. The number of halogens is 1. The zero-order chi connectivity index (χ0) is 14.0. The van der Waals surface area contributed by atoms with Crippen LogP contribution in [0.2, 0.25) is 0 Å². The molecule has 1 heterocycles. The predicted molar refractivity (Wildman–Crippen MR) is 82.1 cm³/mol. The van der Waals surface area contributed by atoms with Crippen molar-refractivity contribution in [3.8, 4) is 0 Å². The van der Waals surface area contributed by atoms with Gasteiger partial charge in [0.05, 0.1) is 5.41 Å². The van der Waals surface area contributed by atoms with Gasteiger partial charge < -0.3 is 15.5 Å². The number of oxazole rings is 1. The van der Waals surface area contributed by atoms with E-state index in [1.807, 2.05) is 32.9 Å². The Balaban J connectivity index is 0.00000200. The summed E-state index contributed by atoms with van der Waals surface area (Å²) in [6, 6.07) is 5.42. The number of hydrogen-bond acceptors (Lipinski definition) is 4. The second kappa shape index (κ2) is 6.24. The Morgan fingerprint density at radius 2 is 2.15 bits per heavy atom. The maximum Gasteiger partial charge on any atom is 0.231 e. The van der Waals surface area contributed by atoms with E-state index in [2.05, 4.69) is 10.3 Å². The van der Waals surface area contributed by atoms with Crippen LogP contribution in [0.3, 0.4) is 0 Å². The molecule has 20 heavy (non-hydrogen) atoms. The van der Waals surface area contributed by atoms with E-state index in [-0.39, 0.29) is 18.3 Å². The van der Waals surface area contributed by atoms with E-state index in [1.165, 1.54) is 0 Å². The third kappa shape index (κ3) is 3.29. The minimum atomic E-state index is -0.590. The molecule has 3 N–H and O–H groups in total. The number of benzene rings is 1. The molecule has 1 aromatic carbocycles. The van der Waals surface area contributed by atoms with Crippen LogP contribution in [0, 0.1) is 5.41 Å². The maximum absolute atomic E-state index is 12.0. The highest BCUT2D eigenvalue weighted by Gasteiger charge is 2.25. The number of rotatable bonds is 4. The number of nitrogens with two attached hydrogens (primary N) is 1. The molecule has 0 atom stereocenters. The van der Waals surface area contributed by atoms with Crippen molar-refractivity contribution in [2.75, 3.05) is 11.9 Å². The van der Waals surface area contributed by atoms with Gasteiger partial charge in [-0.1, -0.05) is 6.92 Å². The number of nitrogens with one attached hydrogen (secondary N) is 1. The largest absolute Gasteiger partial charge is 0.441 e. The van der Waals surface area contributed by atoms with Crippen molar-refractivity contribution in [1.82, 2.24) is 4.98 Å². The Morgan fingerprint density at radius 1 is 1.45 bits per heavy atom. The number of amides is 1. The first-order valence-electron chi connectivity index (χ1n) is 6.37. The van der Waals surface area contributed by atoms with Crippen LogP contribution >= 0.6 is 12.4 Å². The van der Waals surface area contributed by atoms with Crippen LogP contribution in [0.15, 0.2) is 22.6 Å². The highest BCUT2D eigenvalue weighted by atomic mass is 35.5. The second-order valence-corrected chi connectivity index (χ2v) is 5.19. The lowest BCUT2D eigenvalue weighted by molar-refractivity contribution is -0.123. The highest BCUT2D eigenvalue weighted by molar-refractivity contribution is 5.96. The van der Waals surface area contributed by atoms with Gasteiger partial charge in [-0.3, -0.25) is 4.79 Å². The molecule has 0 bridgehead atoms. The molecule has 0 saturated heterocycles. The van der Waals surface area contributed by atoms with E-state index in [0.717, 1.165) is 17.5 Å².